The molecule has 0 aromatic rings. The maximum Gasteiger partial charge on any atom is 0.234 e. The number of hydrogen-bond donors (Lipinski definition) is 3. The Hall–Kier alpha value is -1.10. The molecule has 0 radical (unpaired) electrons. The Balaban J connectivity index is 3.95. The first-order chi connectivity index (χ1) is 5.93. The lowest BCUT2D eigenvalue weighted by Crippen LogP contribution is -2.44. The zero-order valence-corrected chi connectivity index (χ0v) is 8.04. The zero-order valence-electron chi connectivity index (χ0n) is 8.04. The number of rotatable bonds is 6. The van der Waals surface area contributed by atoms with E-state index in [1.54, 1.807) is 0 Å². The van der Waals surface area contributed by atoms with E-state index in [1.807, 2.05) is 13.8 Å². The lowest BCUT2D eigenvalue weighted by atomic mass is 10.1. The highest BCUT2D eigenvalue weighted by molar-refractivity contribution is 5.81. The molecule has 2 amide bonds. The summed E-state index contributed by atoms with van der Waals surface area (Å²) in [5, 5.41) is 2.95. The van der Waals surface area contributed by atoms with Gasteiger partial charge in [-0.2, -0.15) is 0 Å². The number of hydrogen-bond acceptors (Lipinski definition) is 3. The van der Waals surface area contributed by atoms with Crippen LogP contribution in [0.4, 0.5) is 0 Å². The molecule has 0 saturated carbocycles. The highest BCUT2D eigenvalue weighted by atomic mass is 16.1. The number of carbonyl (C=O) groups is 2. The van der Waals surface area contributed by atoms with Crippen LogP contribution in [0, 0.1) is 0 Å². The Bertz CT molecular complexity index is 192. The predicted molar refractivity (Wildman–Crippen MR) is 49.7 cm³/mol. The summed E-state index contributed by atoms with van der Waals surface area (Å²) < 4.78 is 0. The number of primary amides is 2. The van der Waals surface area contributed by atoms with Gasteiger partial charge in [0.15, 0.2) is 0 Å². The molecular weight excluding hydrogens is 170 g/mol. The summed E-state index contributed by atoms with van der Waals surface area (Å²) in [5.74, 6) is -0.869. The second-order valence-corrected chi connectivity index (χ2v) is 3.28. The summed E-state index contributed by atoms with van der Waals surface area (Å²) in [6, 6.07) is -0.308. The van der Waals surface area contributed by atoms with Crippen LogP contribution in [0.3, 0.4) is 0 Å². The summed E-state index contributed by atoms with van der Waals surface area (Å²) in [5.41, 5.74) is 10.1. The highest BCUT2D eigenvalue weighted by Gasteiger charge is 2.16. The van der Waals surface area contributed by atoms with Gasteiger partial charge < -0.3 is 16.8 Å². The summed E-state index contributed by atoms with van der Waals surface area (Å²) in [6.45, 7) is 3.81. The van der Waals surface area contributed by atoms with Gasteiger partial charge in [-0.1, -0.05) is 13.8 Å². The molecule has 76 valence electrons. The molecule has 0 heterocycles. The van der Waals surface area contributed by atoms with Gasteiger partial charge in [-0.3, -0.25) is 9.59 Å². The molecule has 0 rings (SSSR count). The van der Waals surface area contributed by atoms with Gasteiger partial charge in [0.2, 0.25) is 11.8 Å². The molecule has 0 saturated heterocycles. The van der Waals surface area contributed by atoms with Crippen molar-refractivity contribution in [3.8, 4) is 0 Å². The van der Waals surface area contributed by atoms with Crippen LogP contribution in [0.1, 0.15) is 26.7 Å². The molecule has 5 nitrogen and oxygen atoms in total. The smallest absolute Gasteiger partial charge is 0.234 e. The van der Waals surface area contributed by atoms with Gasteiger partial charge in [-0.05, 0) is 6.42 Å². The number of amides is 2. The first kappa shape index (κ1) is 11.9. The topological polar surface area (TPSA) is 98.2 Å². The first-order valence-corrected chi connectivity index (χ1v) is 4.27. The Labute approximate surface area is 77.8 Å². The summed E-state index contributed by atoms with van der Waals surface area (Å²) in [4.78, 5) is 21.3. The van der Waals surface area contributed by atoms with Gasteiger partial charge in [-0.25, -0.2) is 0 Å². The fourth-order valence-electron chi connectivity index (χ4n) is 0.997. The monoisotopic (exact) mass is 187 g/mol. The van der Waals surface area contributed by atoms with Crippen molar-refractivity contribution >= 4 is 11.8 Å². The third-order valence-corrected chi connectivity index (χ3v) is 1.56. The second-order valence-electron chi connectivity index (χ2n) is 3.28. The molecule has 0 bridgehead atoms. The van der Waals surface area contributed by atoms with Crippen LogP contribution in [0.5, 0.6) is 0 Å². The lowest BCUT2D eigenvalue weighted by Gasteiger charge is -2.17. The third kappa shape index (κ3) is 6.10. The lowest BCUT2D eigenvalue weighted by molar-refractivity contribution is -0.121. The largest absolute Gasteiger partial charge is 0.370 e. The summed E-state index contributed by atoms with van der Waals surface area (Å²) in [7, 11) is 0. The first-order valence-electron chi connectivity index (χ1n) is 4.27. The van der Waals surface area contributed by atoms with E-state index in [4.69, 9.17) is 11.5 Å². The van der Waals surface area contributed by atoms with Crippen molar-refractivity contribution in [2.24, 2.45) is 11.5 Å². The molecule has 0 fully saturated rings. The Morgan fingerprint density at radius 2 is 1.85 bits per heavy atom. The van der Waals surface area contributed by atoms with Crippen molar-refractivity contribution < 1.29 is 9.59 Å². The van der Waals surface area contributed by atoms with Gasteiger partial charge in [-0.15, -0.1) is 0 Å². The van der Waals surface area contributed by atoms with Gasteiger partial charge in [0.1, 0.15) is 0 Å². The van der Waals surface area contributed by atoms with E-state index in [1.165, 1.54) is 0 Å². The fraction of sp³-hybridized carbons (Fsp3) is 0.750. The maximum atomic E-state index is 10.9. The van der Waals surface area contributed by atoms with E-state index in [0.29, 0.717) is 6.42 Å². The molecule has 0 spiro atoms. The molecule has 0 aliphatic heterocycles. The van der Waals surface area contributed by atoms with Crippen LogP contribution in [-0.2, 0) is 9.59 Å². The van der Waals surface area contributed by atoms with Gasteiger partial charge in [0.05, 0.1) is 6.04 Å². The van der Waals surface area contributed by atoms with Crippen LogP contribution >= 0.6 is 0 Å². The molecular formula is C8H17N3O2. The standard InChI is InChI=1S/C8H17N3O2/c1-5(2)11-6(8(10)13)3-4-7(9)12/h5-6,11H,3-4H2,1-2H3,(H2,9,12)(H2,10,13)/t6-/m0/s1. The summed E-state index contributed by atoms with van der Waals surface area (Å²) >= 11 is 0. The van der Waals surface area contributed by atoms with Crippen LogP contribution in [-0.4, -0.2) is 23.9 Å². The van der Waals surface area contributed by atoms with E-state index >= 15 is 0 Å². The molecule has 13 heavy (non-hydrogen) atoms. The minimum atomic E-state index is -0.465. The average molecular weight is 187 g/mol. The minimum Gasteiger partial charge on any atom is -0.370 e. The molecule has 5 N–H and O–H groups in total. The molecule has 1 atom stereocenters. The molecule has 0 aliphatic carbocycles. The minimum absolute atomic E-state index is 0.158. The fourth-order valence-corrected chi connectivity index (χ4v) is 0.997. The normalized spacial score (nSPS) is 12.8. The van der Waals surface area contributed by atoms with Gasteiger partial charge >= 0.3 is 0 Å². The number of carbonyl (C=O) groups excluding carboxylic acids is 2. The average Bonchev–Trinajstić information content (AvgIpc) is 1.96. The van der Waals surface area contributed by atoms with Crippen LogP contribution < -0.4 is 16.8 Å². The molecule has 0 aromatic heterocycles. The van der Waals surface area contributed by atoms with Crippen molar-refractivity contribution in [1.29, 1.82) is 0 Å². The van der Waals surface area contributed by atoms with E-state index in [0.717, 1.165) is 0 Å². The Morgan fingerprint density at radius 1 is 1.31 bits per heavy atom. The SMILES string of the molecule is CC(C)N[C@@H](CCC(N)=O)C(N)=O. The predicted octanol–water partition coefficient (Wildman–Crippen LogP) is -0.896. The van der Waals surface area contributed by atoms with E-state index in [2.05, 4.69) is 5.32 Å². The number of nitrogens with one attached hydrogen (secondary N) is 1. The van der Waals surface area contributed by atoms with Crippen LogP contribution in [0.15, 0.2) is 0 Å². The molecule has 0 aromatic carbocycles. The van der Waals surface area contributed by atoms with E-state index in [-0.39, 0.29) is 12.5 Å². The van der Waals surface area contributed by atoms with Gasteiger partial charge in [0, 0.05) is 12.5 Å². The van der Waals surface area contributed by atoms with Crippen molar-refractivity contribution in [1.82, 2.24) is 5.32 Å². The van der Waals surface area contributed by atoms with Gasteiger partial charge in [0.25, 0.3) is 0 Å². The van der Waals surface area contributed by atoms with Crippen molar-refractivity contribution in [2.45, 2.75) is 38.8 Å². The number of nitrogens with two attached hydrogens (primary N) is 2. The van der Waals surface area contributed by atoms with Crippen molar-refractivity contribution in [3.05, 3.63) is 0 Å². The Morgan fingerprint density at radius 3 is 2.15 bits per heavy atom. The van der Waals surface area contributed by atoms with E-state index < -0.39 is 17.9 Å². The summed E-state index contributed by atoms with van der Waals surface area (Å²) in [6.07, 6.45) is 0.538. The molecule has 0 unspecified atom stereocenters. The van der Waals surface area contributed by atoms with Crippen molar-refractivity contribution in [2.75, 3.05) is 0 Å². The second kappa shape index (κ2) is 5.53. The Kier molecular flexibility index (Phi) is 5.06. The van der Waals surface area contributed by atoms with Crippen LogP contribution in [0.2, 0.25) is 0 Å². The van der Waals surface area contributed by atoms with Crippen LogP contribution in [0.25, 0.3) is 0 Å². The quantitative estimate of drug-likeness (QED) is 0.502. The third-order valence-electron chi connectivity index (χ3n) is 1.56. The molecule has 0 aliphatic rings. The van der Waals surface area contributed by atoms with E-state index in [9.17, 15) is 9.59 Å². The molecule has 5 heteroatoms. The highest BCUT2D eigenvalue weighted by Crippen LogP contribution is 1.97. The van der Waals surface area contributed by atoms with Crippen molar-refractivity contribution in [3.63, 3.8) is 0 Å². The maximum absolute atomic E-state index is 10.9. The zero-order chi connectivity index (χ0) is 10.4.